The van der Waals surface area contributed by atoms with Crippen molar-refractivity contribution in [2.45, 2.75) is 26.2 Å². The van der Waals surface area contributed by atoms with Crippen molar-refractivity contribution in [1.82, 2.24) is 15.5 Å². The lowest BCUT2D eigenvalue weighted by Gasteiger charge is -2.09. The first kappa shape index (κ1) is 9.52. The summed E-state index contributed by atoms with van der Waals surface area (Å²) in [6.07, 6.45) is 0.650. The molecule has 20 heavy (non-hydrogen) atoms. The molecule has 0 radical (unpaired) electrons. The van der Waals surface area contributed by atoms with Crippen LogP contribution in [-0.4, -0.2) is 22.7 Å². The lowest BCUT2D eigenvalue weighted by atomic mass is 10.1. The topological polar surface area (TPSA) is 77.2 Å². The second-order valence-electron chi connectivity index (χ2n) is 4.45. The van der Waals surface area contributed by atoms with Crippen molar-refractivity contribution in [2.24, 2.45) is 0 Å². The minimum atomic E-state index is -2.68. The molecule has 0 spiro atoms. The minimum Gasteiger partial charge on any atom is -0.491 e. The Hall–Kier alpha value is -2.37. The highest BCUT2D eigenvalue weighted by Crippen LogP contribution is 2.35. The Morgan fingerprint density at radius 2 is 2.50 bits per heavy atom. The highest BCUT2D eigenvalue weighted by atomic mass is 16.5. The number of rotatable bonds is 3. The lowest BCUT2D eigenvalue weighted by Crippen LogP contribution is -2.26. The average molecular weight is 276 g/mol. The number of fused-ring (bicyclic) bond motifs is 1. The molecule has 0 saturated carbocycles. The Morgan fingerprint density at radius 3 is 3.25 bits per heavy atom. The molecule has 2 heterocycles. The van der Waals surface area contributed by atoms with Crippen LogP contribution in [0, 0.1) is 0 Å². The van der Waals surface area contributed by atoms with Crippen molar-refractivity contribution < 1.29 is 18.2 Å². The van der Waals surface area contributed by atoms with E-state index < -0.39 is 18.8 Å². The van der Waals surface area contributed by atoms with Crippen LogP contribution >= 0.6 is 0 Å². The van der Waals surface area contributed by atoms with Gasteiger partial charge >= 0.3 is 0 Å². The van der Waals surface area contributed by atoms with E-state index in [0.29, 0.717) is 23.9 Å². The van der Waals surface area contributed by atoms with E-state index in [4.69, 9.17) is 13.4 Å². The SMILES string of the molecule is [2H]C([2H])([2H])C(=O)N[C@@H]1COc2cc(-c3noc(CC)n3)ccc21. The van der Waals surface area contributed by atoms with Gasteiger partial charge in [0, 0.05) is 28.5 Å². The summed E-state index contributed by atoms with van der Waals surface area (Å²) in [6, 6.07) is 4.82. The maximum absolute atomic E-state index is 11.6. The fourth-order valence-corrected chi connectivity index (χ4v) is 2.14. The van der Waals surface area contributed by atoms with Gasteiger partial charge in [0.15, 0.2) is 0 Å². The largest absolute Gasteiger partial charge is 0.491 e. The van der Waals surface area contributed by atoms with Crippen LogP contribution in [0.4, 0.5) is 0 Å². The monoisotopic (exact) mass is 276 g/mol. The highest BCUT2D eigenvalue weighted by molar-refractivity contribution is 5.74. The molecule has 1 aromatic heterocycles. The Morgan fingerprint density at radius 1 is 1.60 bits per heavy atom. The van der Waals surface area contributed by atoms with Gasteiger partial charge in [-0.3, -0.25) is 4.79 Å². The molecule has 3 rings (SSSR count). The van der Waals surface area contributed by atoms with Gasteiger partial charge in [-0.05, 0) is 6.07 Å². The molecule has 1 aliphatic heterocycles. The van der Waals surface area contributed by atoms with E-state index in [0.717, 1.165) is 11.1 Å². The van der Waals surface area contributed by atoms with Gasteiger partial charge in [0.2, 0.25) is 17.6 Å². The highest BCUT2D eigenvalue weighted by Gasteiger charge is 2.25. The zero-order valence-corrected chi connectivity index (χ0v) is 10.8. The van der Waals surface area contributed by atoms with E-state index >= 15 is 0 Å². The number of nitrogens with one attached hydrogen (secondary N) is 1. The van der Waals surface area contributed by atoms with Crippen molar-refractivity contribution in [1.29, 1.82) is 0 Å². The lowest BCUT2D eigenvalue weighted by molar-refractivity contribution is -0.119. The normalized spacial score (nSPS) is 19.4. The van der Waals surface area contributed by atoms with Crippen LogP contribution in [-0.2, 0) is 11.2 Å². The number of carbonyl (C=O) groups excluding carboxylic acids is 1. The first-order valence-electron chi connectivity index (χ1n) is 7.79. The molecule has 2 aromatic rings. The van der Waals surface area contributed by atoms with Crippen molar-refractivity contribution in [3.8, 4) is 17.1 Å². The van der Waals surface area contributed by atoms with Crippen molar-refractivity contribution in [2.75, 3.05) is 6.61 Å². The average Bonchev–Trinajstić information content (AvgIpc) is 3.13. The van der Waals surface area contributed by atoms with Gasteiger partial charge in [-0.2, -0.15) is 4.98 Å². The molecule has 0 bridgehead atoms. The third-order valence-electron chi connectivity index (χ3n) is 3.13. The molecule has 0 saturated heterocycles. The van der Waals surface area contributed by atoms with Gasteiger partial charge in [0.1, 0.15) is 12.4 Å². The number of carbonyl (C=O) groups is 1. The molecular weight excluding hydrogens is 258 g/mol. The van der Waals surface area contributed by atoms with Crippen LogP contribution in [0.15, 0.2) is 22.7 Å². The number of benzene rings is 1. The zero-order chi connectivity index (χ0) is 16.6. The third kappa shape index (κ3) is 2.24. The van der Waals surface area contributed by atoms with Gasteiger partial charge in [-0.25, -0.2) is 0 Å². The van der Waals surface area contributed by atoms with Crippen LogP contribution in [0.1, 0.15) is 35.4 Å². The van der Waals surface area contributed by atoms with E-state index in [1.54, 1.807) is 18.2 Å². The molecule has 1 aliphatic rings. The summed E-state index contributed by atoms with van der Waals surface area (Å²) in [6.45, 7) is -0.571. The molecule has 1 amide bonds. The predicted octanol–water partition coefficient (Wildman–Crippen LogP) is 1.87. The van der Waals surface area contributed by atoms with Crippen molar-refractivity contribution >= 4 is 5.91 Å². The molecule has 104 valence electrons. The van der Waals surface area contributed by atoms with Crippen LogP contribution in [0.5, 0.6) is 5.75 Å². The number of aromatic nitrogens is 2. The number of aryl methyl sites for hydroxylation is 1. The van der Waals surface area contributed by atoms with Crippen LogP contribution in [0.3, 0.4) is 0 Å². The molecule has 6 nitrogen and oxygen atoms in total. The van der Waals surface area contributed by atoms with E-state index in [-0.39, 0.29) is 6.61 Å². The molecule has 0 unspecified atom stereocenters. The quantitative estimate of drug-likeness (QED) is 0.926. The van der Waals surface area contributed by atoms with Gasteiger partial charge in [0.05, 0.1) is 6.04 Å². The number of amides is 1. The number of hydrogen-bond donors (Lipinski definition) is 1. The summed E-state index contributed by atoms with van der Waals surface area (Å²) in [5.41, 5.74) is 1.46. The molecule has 1 aromatic carbocycles. The van der Waals surface area contributed by atoms with Crippen molar-refractivity contribution in [3.63, 3.8) is 0 Å². The van der Waals surface area contributed by atoms with Gasteiger partial charge < -0.3 is 14.6 Å². The van der Waals surface area contributed by atoms with E-state index in [2.05, 4.69) is 15.5 Å². The van der Waals surface area contributed by atoms with Crippen LogP contribution < -0.4 is 10.1 Å². The van der Waals surface area contributed by atoms with E-state index in [9.17, 15) is 4.79 Å². The smallest absolute Gasteiger partial charge is 0.226 e. The summed E-state index contributed by atoms with van der Waals surface area (Å²) in [5.74, 6) is 0.586. The second-order valence-corrected chi connectivity index (χ2v) is 4.45. The Balaban J connectivity index is 1.81. The van der Waals surface area contributed by atoms with Crippen LogP contribution in [0.25, 0.3) is 11.4 Å². The number of ether oxygens (including phenoxy) is 1. The minimum absolute atomic E-state index is 0.188. The maximum Gasteiger partial charge on any atom is 0.226 e. The van der Waals surface area contributed by atoms with Gasteiger partial charge in [0.25, 0.3) is 0 Å². The maximum atomic E-state index is 11.6. The van der Waals surface area contributed by atoms with Gasteiger partial charge in [-0.1, -0.05) is 24.2 Å². The second kappa shape index (κ2) is 4.96. The first-order valence-corrected chi connectivity index (χ1v) is 6.29. The molecular formula is C14H15N3O3. The van der Waals surface area contributed by atoms with Gasteiger partial charge in [-0.15, -0.1) is 0 Å². The number of nitrogens with zero attached hydrogens (tertiary/aromatic N) is 2. The standard InChI is InChI=1S/C14H15N3O3/c1-3-13-16-14(17-20-13)9-4-5-10-11(15-8(2)18)7-19-12(10)6-9/h4-6,11H,3,7H2,1-2H3,(H,15,18)/t11-/m1/s1/i2D3. The summed E-state index contributed by atoms with van der Waals surface area (Å²) < 4.78 is 31.9. The third-order valence-corrected chi connectivity index (χ3v) is 3.13. The molecule has 1 N–H and O–H groups in total. The Labute approximate surface area is 120 Å². The van der Waals surface area contributed by atoms with E-state index in [1.165, 1.54) is 0 Å². The molecule has 1 atom stereocenters. The summed E-state index contributed by atoms with van der Waals surface area (Å²) in [4.78, 5) is 15.8. The Kier molecular flexibility index (Phi) is 2.36. The summed E-state index contributed by atoms with van der Waals surface area (Å²) in [5, 5.41) is 6.37. The Bertz CT molecular complexity index is 742. The fraction of sp³-hybridized carbons (Fsp3) is 0.357. The zero-order valence-electron chi connectivity index (χ0n) is 13.8. The molecule has 0 aliphatic carbocycles. The predicted molar refractivity (Wildman–Crippen MR) is 71.2 cm³/mol. The van der Waals surface area contributed by atoms with E-state index in [1.807, 2.05) is 6.92 Å². The fourth-order valence-electron chi connectivity index (χ4n) is 2.14. The van der Waals surface area contributed by atoms with Crippen molar-refractivity contribution in [3.05, 3.63) is 29.7 Å². The molecule has 6 heteroatoms. The summed E-state index contributed by atoms with van der Waals surface area (Å²) in [7, 11) is 0. The number of hydrogen-bond acceptors (Lipinski definition) is 5. The summed E-state index contributed by atoms with van der Waals surface area (Å²) >= 11 is 0. The molecule has 0 fully saturated rings. The van der Waals surface area contributed by atoms with Crippen LogP contribution in [0.2, 0.25) is 0 Å². The first-order chi connectivity index (χ1) is 10.9.